The molecular formula is C23H27NO6S. The summed E-state index contributed by atoms with van der Waals surface area (Å²) in [6, 6.07) is 15.1. The summed E-state index contributed by atoms with van der Waals surface area (Å²) >= 11 is 0. The van der Waals surface area contributed by atoms with Crippen LogP contribution in [0.3, 0.4) is 0 Å². The maximum Gasteiger partial charge on any atom is 0.303 e. The van der Waals surface area contributed by atoms with E-state index in [4.69, 9.17) is 9.84 Å². The fourth-order valence-corrected chi connectivity index (χ4v) is 5.78. The Kier molecular flexibility index (Phi) is 6.31. The number of carboxylic acid groups (broad SMARTS) is 1. The van der Waals surface area contributed by atoms with Gasteiger partial charge in [-0.1, -0.05) is 48.5 Å². The first-order valence-corrected chi connectivity index (χ1v) is 12.2. The molecule has 4 atom stereocenters. The molecule has 1 fully saturated rings. The van der Waals surface area contributed by atoms with E-state index in [-0.39, 0.29) is 36.7 Å². The SMILES string of the molecule is O=C(O)CCc1cccc2c1OC1CC(O)C(CNS(=O)(=O)CCc3ccccc3)C21. The van der Waals surface area contributed by atoms with Gasteiger partial charge >= 0.3 is 5.97 Å². The van der Waals surface area contributed by atoms with E-state index in [1.807, 2.05) is 48.5 Å². The Labute approximate surface area is 182 Å². The second-order valence-electron chi connectivity index (χ2n) is 8.28. The van der Waals surface area contributed by atoms with Crippen LogP contribution in [0.15, 0.2) is 48.5 Å². The van der Waals surface area contributed by atoms with Gasteiger partial charge in [-0.25, -0.2) is 13.1 Å². The van der Waals surface area contributed by atoms with E-state index >= 15 is 0 Å². The molecule has 1 aliphatic carbocycles. The zero-order chi connectivity index (χ0) is 22.0. The van der Waals surface area contributed by atoms with E-state index < -0.39 is 22.1 Å². The smallest absolute Gasteiger partial charge is 0.303 e. The Morgan fingerprint density at radius 1 is 1.10 bits per heavy atom. The lowest BCUT2D eigenvalue weighted by atomic mass is 9.87. The third kappa shape index (κ3) is 4.92. The molecule has 4 unspecified atom stereocenters. The third-order valence-electron chi connectivity index (χ3n) is 6.23. The van der Waals surface area contributed by atoms with Crippen molar-refractivity contribution < 1.29 is 28.2 Å². The molecule has 2 aliphatic rings. The average molecular weight is 446 g/mol. The number of hydrogen-bond donors (Lipinski definition) is 3. The first-order valence-electron chi connectivity index (χ1n) is 10.5. The summed E-state index contributed by atoms with van der Waals surface area (Å²) in [5.74, 6) is -0.601. The summed E-state index contributed by atoms with van der Waals surface area (Å²) < 4.78 is 33.8. The van der Waals surface area contributed by atoms with Gasteiger partial charge in [0, 0.05) is 36.8 Å². The average Bonchev–Trinajstić information content (AvgIpc) is 3.25. The lowest BCUT2D eigenvalue weighted by Gasteiger charge is -2.21. The molecule has 2 aromatic carbocycles. The quantitative estimate of drug-likeness (QED) is 0.545. The molecule has 0 bridgehead atoms. The van der Waals surface area contributed by atoms with E-state index in [1.165, 1.54) is 0 Å². The van der Waals surface area contributed by atoms with Crippen LogP contribution in [-0.2, 0) is 27.7 Å². The van der Waals surface area contributed by atoms with Crippen molar-refractivity contribution >= 4 is 16.0 Å². The topological polar surface area (TPSA) is 113 Å². The van der Waals surface area contributed by atoms with Gasteiger partial charge in [-0.15, -0.1) is 0 Å². The summed E-state index contributed by atoms with van der Waals surface area (Å²) in [5.41, 5.74) is 2.73. The van der Waals surface area contributed by atoms with Gasteiger partial charge in [-0.2, -0.15) is 0 Å². The highest BCUT2D eigenvalue weighted by molar-refractivity contribution is 7.89. The molecule has 0 aromatic heterocycles. The molecule has 166 valence electrons. The summed E-state index contributed by atoms with van der Waals surface area (Å²) in [7, 11) is -3.49. The highest BCUT2D eigenvalue weighted by atomic mass is 32.2. The van der Waals surface area contributed by atoms with Gasteiger partial charge < -0.3 is 14.9 Å². The van der Waals surface area contributed by atoms with Crippen LogP contribution in [0.1, 0.15) is 35.4 Å². The summed E-state index contributed by atoms with van der Waals surface area (Å²) in [4.78, 5) is 10.9. The number of aryl methyl sites for hydroxylation is 2. The Bertz CT molecular complexity index is 1040. The number of ether oxygens (including phenoxy) is 1. The molecule has 3 N–H and O–H groups in total. The first kappa shape index (κ1) is 21.8. The monoisotopic (exact) mass is 445 g/mol. The zero-order valence-electron chi connectivity index (χ0n) is 17.1. The largest absolute Gasteiger partial charge is 0.489 e. The lowest BCUT2D eigenvalue weighted by Crippen LogP contribution is -2.36. The molecule has 2 aromatic rings. The normalized spacial score (nSPS) is 24.4. The van der Waals surface area contributed by atoms with Crippen molar-refractivity contribution in [3.05, 3.63) is 65.2 Å². The number of benzene rings is 2. The second kappa shape index (κ2) is 8.98. The van der Waals surface area contributed by atoms with Crippen molar-refractivity contribution in [3.63, 3.8) is 0 Å². The number of carbonyl (C=O) groups is 1. The minimum Gasteiger partial charge on any atom is -0.489 e. The Hall–Kier alpha value is -2.42. The fraction of sp³-hybridized carbons (Fsp3) is 0.435. The van der Waals surface area contributed by atoms with Gasteiger partial charge in [-0.05, 0) is 24.0 Å². The standard InChI is InChI=1S/C23H27NO6S/c25-19-13-20-22(17-8-4-7-16(23(17)30-20)9-10-21(26)27)18(19)14-24-31(28,29)12-11-15-5-2-1-3-6-15/h1-8,18-20,22,24-25H,9-14H2,(H,26,27). The molecule has 1 saturated carbocycles. The van der Waals surface area contributed by atoms with Crippen LogP contribution in [0.5, 0.6) is 5.75 Å². The number of nitrogens with one attached hydrogen (secondary N) is 1. The third-order valence-corrected chi connectivity index (χ3v) is 7.58. The minimum absolute atomic E-state index is 0.0135. The number of aliphatic hydroxyl groups is 1. The van der Waals surface area contributed by atoms with Gasteiger partial charge in [0.25, 0.3) is 0 Å². The molecular weight excluding hydrogens is 418 g/mol. The predicted molar refractivity (Wildman–Crippen MR) is 116 cm³/mol. The number of aliphatic hydroxyl groups excluding tert-OH is 1. The van der Waals surface area contributed by atoms with Crippen molar-refractivity contribution in [2.75, 3.05) is 12.3 Å². The number of fused-ring (bicyclic) bond motifs is 3. The van der Waals surface area contributed by atoms with Crippen molar-refractivity contribution in [2.24, 2.45) is 5.92 Å². The second-order valence-corrected chi connectivity index (χ2v) is 10.2. The van der Waals surface area contributed by atoms with Gasteiger partial charge in [0.15, 0.2) is 0 Å². The number of hydrogen-bond acceptors (Lipinski definition) is 5. The van der Waals surface area contributed by atoms with E-state index in [1.54, 1.807) is 0 Å². The number of carboxylic acids is 1. The molecule has 1 aliphatic heterocycles. The predicted octanol–water partition coefficient (Wildman–Crippen LogP) is 2.09. The number of rotatable bonds is 9. The number of sulfonamides is 1. The number of aliphatic carboxylic acids is 1. The molecule has 8 heteroatoms. The number of para-hydroxylation sites is 1. The molecule has 0 radical (unpaired) electrons. The molecule has 0 amide bonds. The van der Waals surface area contributed by atoms with E-state index in [9.17, 15) is 18.3 Å². The molecule has 31 heavy (non-hydrogen) atoms. The molecule has 1 heterocycles. The fourth-order valence-electron chi connectivity index (χ4n) is 4.68. The first-order chi connectivity index (χ1) is 14.8. The van der Waals surface area contributed by atoms with Crippen LogP contribution in [0.4, 0.5) is 0 Å². The Balaban J connectivity index is 1.43. The van der Waals surface area contributed by atoms with Crippen molar-refractivity contribution in [2.45, 2.75) is 43.8 Å². The van der Waals surface area contributed by atoms with Crippen LogP contribution in [0.2, 0.25) is 0 Å². The molecule has 0 saturated heterocycles. The van der Waals surface area contributed by atoms with Crippen LogP contribution < -0.4 is 9.46 Å². The minimum atomic E-state index is -3.49. The highest BCUT2D eigenvalue weighted by Crippen LogP contribution is 2.51. The van der Waals surface area contributed by atoms with E-state index in [0.717, 1.165) is 16.7 Å². The van der Waals surface area contributed by atoms with Crippen LogP contribution in [-0.4, -0.2) is 49.1 Å². The van der Waals surface area contributed by atoms with Gasteiger partial charge in [-0.3, -0.25) is 4.79 Å². The van der Waals surface area contributed by atoms with Gasteiger partial charge in [0.05, 0.1) is 11.9 Å². The summed E-state index contributed by atoms with van der Waals surface area (Å²) in [5, 5.41) is 19.6. The molecule has 7 nitrogen and oxygen atoms in total. The van der Waals surface area contributed by atoms with Gasteiger partial charge in [0.1, 0.15) is 11.9 Å². The van der Waals surface area contributed by atoms with Crippen molar-refractivity contribution in [1.82, 2.24) is 4.72 Å². The van der Waals surface area contributed by atoms with E-state index in [2.05, 4.69) is 4.72 Å². The van der Waals surface area contributed by atoms with Crippen molar-refractivity contribution in [3.8, 4) is 5.75 Å². The van der Waals surface area contributed by atoms with Crippen LogP contribution in [0.25, 0.3) is 0 Å². The lowest BCUT2D eigenvalue weighted by molar-refractivity contribution is -0.136. The Morgan fingerprint density at radius 2 is 1.87 bits per heavy atom. The summed E-state index contributed by atoms with van der Waals surface area (Å²) in [6.07, 6.45) is 0.347. The van der Waals surface area contributed by atoms with Crippen LogP contribution in [0, 0.1) is 5.92 Å². The molecule has 4 rings (SSSR count). The van der Waals surface area contributed by atoms with Gasteiger partial charge in [0.2, 0.25) is 10.0 Å². The maximum absolute atomic E-state index is 12.5. The van der Waals surface area contributed by atoms with Crippen molar-refractivity contribution in [1.29, 1.82) is 0 Å². The molecule has 0 spiro atoms. The zero-order valence-corrected chi connectivity index (χ0v) is 17.9. The van der Waals surface area contributed by atoms with Crippen LogP contribution >= 0.6 is 0 Å². The summed E-state index contributed by atoms with van der Waals surface area (Å²) in [6.45, 7) is 0.140. The van der Waals surface area contributed by atoms with E-state index in [0.29, 0.717) is 25.0 Å². The Morgan fingerprint density at radius 3 is 2.61 bits per heavy atom. The maximum atomic E-state index is 12.5. The highest BCUT2D eigenvalue weighted by Gasteiger charge is 2.50.